The Hall–Kier alpha value is -1.54. The van der Waals surface area contributed by atoms with Crippen molar-refractivity contribution in [3.8, 4) is 11.9 Å². The van der Waals surface area contributed by atoms with Crippen molar-refractivity contribution in [2.24, 2.45) is 12.5 Å². The largest absolute Gasteiger partial charge is 0.481 e. The topological polar surface area (TPSA) is 62.9 Å². The molecule has 0 atom stereocenters. The molecule has 0 fully saturated rings. The summed E-state index contributed by atoms with van der Waals surface area (Å²) in [5.74, 6) is 0.749. The molecule has 94 valence electrons. The van der Waals surface area contributed by atoms with Crippen LogP contribution in [-0.4, -0.2) is 23.4 Å². The highest BCUT2D eigenvalue weighted by Crippen LogP contribution is 2.17. The Morgan fingerprint density at radius 2 is 2.29 bits per heavy atom. The average molecular weight is 236 g/mol. The van der Waals surface area contributed by atoms with Gasteiger partial charge in [0.05, 0.1) is 24.3 Å². The minimum Gasteiger partial charge on any atom is -0.481 e. The summed E-state index contributed by atoms with van der Waals surface area (Å²) in [6.45, 7) is 5.38. The van der Waals surface area contributed by atoms with Crippen LogP contribution < -0.4 is 10.1 Å². The highest BCUT2D eigenvalue weighted by Gasteiger charge is 2.15. The number of nitriles is 1. The molecule has 17 heavy (non-hydrogen) atoms. The monoisotopic (exact) mass is 236 g/mol. The first-order valence-corrected chi connectivity index (χ1v) is 5.67. The van der Waals surface area contributed by atoms with E-state index in [2.05, 4.69) is 16.5 Å². The van der Waals surface area contributed by atoms with Gasteiger partial charge in [-0.25, -0.2) is 4.68 Å². The molecule has 1 aromatic rings. The second-order valence-corrected chi connectivity index (χ2v) is 4.72. The lowest BCUT2D eigenvalue weighted by atomic mass is 9.91. The Balaban J connectivity index is 2.34. The summed E-state index contributed by atoms with van der Waals surface area (Å²) in [4.78, 5) is 0. The zero-order valence-corrected chi connectivity index (χ0v) is 10.9. The standard InChI is InChI=1S/C12H20N4O/c1-12(2,9-13)5-6-14-8-10-7-11(17-4)16(3)15-10/h7,14H,5-6,8H2,1-4H3. The van der Waals surface area contributed by atoms with Crippen molar-refractivity contribution in [3.05, 3.63) is 11.8 Å². The van der Waals surface area contributed by atoms with Crippen LogP contribution in [0.1, 0.15) is 26.0 Å². The highest BCUT2D eigenvalue weighted by atomic mass is 16.5. The van der Waals surface area contributed by atoms with E-state index in [0.717, 1.165) is 24.5 Å². The van der Waals surface area contributed by atoms with E-state index < -0.39 is 0 Å². The van der Waals surface area contributed by atoms with Gasteiger partial charge in [0.15, 0.2) is 0 Å². The van der Waals surface area contributed by atoms with Gasteiger partial charge in [-0.15, -0.1) is 0 Å². The second kappa shape index (κ2) is 5.69. The van der Waals surface area contributed by atoms with Gasteiger partial charge in [0.2, 0.25) is 5.88 Å². The molecule has 0 aliphatic rings. The molecule has 0 radical (unpaired) electrons. The van der Waals surface area contributed by atoms with Crippen molar-refractivity contribution in [1.29, 1.82) is 5.26 Å². The van der Waals surface area contributed by atoms with Crippen molar-refractivity contribution < 1.29 is 4.74 Å². The zero-order chi connectivity index (χ0) is 12.9. The molecular weight excluding hydrogens is 216 g/mol. The molecule has 1 rings (SSSR count). The maximum absolute atomic E-state index is 8.87. The lowest BCUT2D eigenvalue weighted by Crippen LogP contribution is -2.21. The number of hydrogen-bond acceptors (Lipinski definition) is 4. The van der Waals surface area contributed by atoms with E-state index in [1.807, 2.05) is 27.0 Å². The van der Waals surface area contributed by atoms with Crippen LogP contribution in [0.15, 0.2) is 6.07 Å². The van der Waals surface area contributed by atoms with E-state index in [1.165, 1.54) is 0 Å². The molecule has 1 aromatic heterocycles. The molecule has 0 saturated heterocycles. The molecule has 1 heterocycles. The molecule has 5 nitrogen and oxygen atoms in total. The van der Waals surface area contributed by atoms with Crippen LogP contribution in [-0.2, 0) is 13.6 Å². The number of ether oxygens (including phenoxy) is 1. The van der Waals surface area contributed by atoms with Gasteiger partial charge in [0.25, 0.3) is 0 Å². The van der Waals surface area contributed by atoms with E-state index in [-0.39, 0.29) is 5.41 Å². The number of nitrogens with one attached hydrogen (secondary N) is 1. The van der Waals surface area contributed by atoms with E-state index in [4.69, 9.17) is 10.00 Å². The average Bonchev–Trinajstić information content (AvgIpc) is 2.65. The summed E-state index contributed by atoms with van der Waals surface area (Å²) in [5, 5.41) is 16.4. The molecule has 0 aliphatic carbocycles. The lowest BCUT2D eigenvalue weighted by molar-refractivity contribution is 0.373. The first kappa shape index (κ1) is 13.5. The fourth-order valence-corrected chi connectivity index (χ4v) is 1.46. The summed E-state index contributed by atoms with van der Waals surface area (Å²) in [6.07, 6.45) is 0.827. The van der Waals surface area contributed by atoms with E-state index >= 15 is 0 Å². The third-order valence-electron chi connectivity index (χ3n) is 2.63. The highest BCUT2D eigenvalue weighted by molar-refractivity contribution is 5.15. The van der Waals surface area contributed by atoms with Crippen LogP contribution in [0.4, 0.5) is 0 Å². The van der Waals surface area contributed by atoms with Gasteiger partial charge >= 0.3 is 0 Å². The number of aryl methyl sites for hydroxylation is 1. The predicted octanol–water partition coefficient (Wildman–Crippen LogP) is 1.46. The van der Waals surface area contributed by atoms with Gasteiger partial charge in [-0.2, -0.15) is 10.4 Å². The number of rotatable bonds is 6. The Morgan fingerprint density at radius 1 is 1.59 bits per heavy atom. The SMILES string of the molecule is COc1cc(CNCCC(C)(C)C#N)nn1C. The minimum atomic E-state index is -0.269. The van der Waals surface area contributed by atoms with Crippen molar-refractivity contribution in [3.63, 3.8) is 0 Å². The maximum Gasteiger partial charge on any atom is 0.211 e. The number of nitrogens with zero attached hydrogens (tertiary/aromatic N) is 3. The molecular formula is C12H20N4O. The third kappa shape index (κ3) is 4.08. The molecule has 1 N–H and O–H groups in total. The van der Waals surface area contributed by atoms with Crippen molar-refractivity contribution in [1.82, 2.24) is 15.1 Å². The summed E-state index contributed by atoms with van der Waals surface area (Å²) < 4.78 is 6.84. The molecule has 5 heteroatoms. The zero-order valence-electron chi connectivity index (χ0n) is 10.9. The Labute approximate surface area is 102 Å². The van der Waals surface area contributed by atoms with Gasteiger partial charge in [-0.3, -0.25) is 0 Å². The normalized spacial score (nSPS) is 11.2. The van der Waals surface area contributed by atoms with Crippen molar-refractivity contribution in [2.75, 3.05) is 13.7 Å². The number of methoxy groups -OCH3 is 1. The Morgan fingerprint density at radius 3 is 2.82 bits per heavy atom. The molecule has 0 bridgehead atoms. The summed E-state index contributed by atoms with van der Waals surface area (Å²) in [6, 6.07) is 4.19. The van der Waals surface area contributed by atoms with Crippen LogP contribution in [0.25, 0.3) is 0 Å². The lowest BCUT2D eigenvalue weighted by Gasteiger charge is -2.14. The molecule has 0 unspecified atom stereocenters. The molecule has 0 saturated carbocycles. The first-order chi connectivity index (χ1) is 7.98. The predicted molar refractivity (Wildman–Crippen MR) is 65.5 cm³/mol. The second-order valence-electron chi connectivity index (χ2n) is 4.72. The molecule has 0 spiro atoms. The van der Waals surface area contributed by atoms with Gasteiger partial charge in [0.1, 0.15) is 0 Å². The van der Waals surface area contributed by atoms with Gasteiger partial charge < -0.3 is 10.1 Å². The summed E-state index contributed by atoms with van der Waals surface area (Å²) in [7, 11) is 3.48. The van der Waals surface area contributed by atoms with Crippen molar-refractivity contribution >= 4 is 0 Å². The molecule has 0 aliphatic heterocycles. The van der Waals surface area contributed by atoms with E-state index in [0.29, 0.717) is 6.54 Å². The summed E-state index contributed by atoms with van der Waals surface area (Å²) in [5.41, 5.74) is 0.675. The van der Waals surface area contributed by atoms with Crippen LogP contribution in [0.3, 0.4) is 0 Å². The number of hydrogen-bond donors (Lipinski definition) is 1. The van der Waals surface area contributed by atoms with Crippen LogP contribution in [0, 0.1) is 16.7 Å². The Kier molecular flexibility index (Phi) is 4.53. The van der Waals surface area contributed by atoms with E-state index in [1.54, 1.807) is 11.8 Å². The smallest absolute Gasteiger partial charge is 0.211 e. The minimum absolute atomic E-state index is 0.269. The quantitative estimate of drug-likeness (QED) is 0.759. The third-order valence-corrected chi connectivity index (χ3v) is 2.63. The van der Waals surface area contributed by atoms with Gasteiger partial charge in [-0.1, -0.05) is 0 Å². The van der Waals surface area contributed by atoms with Gasteiger partial charge in [-0.05, 0) is 26.8 Å². The fourth-order valence-electron chi connectivity index (χ4n) is 1.46. The van der Waals surface area contributed by atoms with Gasteiger partial charge in [0, 0.05) is 19.7 Å². The molecule has 0 aromatic carbocycles. The number of aromatic nitrogens is 2. The summed E-state index contributed by atoms with van der Waals surface area (Å²) >= 11 is 0. The fraction of sp³-hybridized carbons (Fsp3) is 0.667. The van der Waals surface area contributed by atoms with Crippen LogP contribution >= 0.6 is 0 Å². The maximum atomic E-state index is 8.87. The van der Waals surface area contributed by atoms with Crippen LogP contribution in [0.2, 0.25) is 0 Å². The van der Waals surface area contributed by atoms with Crippen LogP contribution in [0.5, 0.6) is 5.88 Å². The molecule has 0 amide bonds. The van der Waals surface area contributed by atoms with E-state index in [9.17, 15) is 0 Å². The first-order valence-electron chi connectivity index (χ1n) is 5.67. The van der Waals surface area contributed by atoms with Crippen molar-refractivity contribution in [2.45, 2.75) is 26.8 Å². The Bertz CT molecular complexity index is 403.